The molecule has 3 nitrogen and oxygen atoms in total. The standard InChI is InChI=1S/C13H24N2O/c1-3-9(2)6-13(16)15-12-7-10-4-5-11(8-12)14-10/h9-12,14H,3-8H2,1-2H3,(H,15,16). The maximum Gasteiger partial charge on any atom is 0.220 e. The van der Waals surface area contributed by atoms with Gasteiger partial charge in [-0.2, -0.15) is 0 Å². The summed E-state index contributed by atoms with van der Waals surface area (Å²) in [7, 11) is 0. The summed E-state index contributed by atoms with van der Waals surface area (Å²) in [6, 6.07) is 1.75. The minimum atomic E-state index is 0.251. The highest BCUT2D eigenvalue weighted by Crippen LogP contribution is 2.26. The third-order valence-corrected chi connectivity index (χ3v) is 4.07. The molecule has 2 N–H and O–H groups in total. The van der Waals surface area contributed by atoms with Gasteiger partial charge in [-0.25, -0.2) is 0 Å². The molecule has 0 spiro atoms. The molecule has 2 bridgehead atoms. The van der Waals surface area contributed by atoms with Gasteiger partial charge in [0, 0.05) is 24.5 Å². The van der Waals surface area contributed by atoms with Crippen molar-refractivity contribution >= 4 is 5.91 Å². The van der Waals surface area contributed by atoms with Crippen molar-refractivity contribution in [2.75, 3.05) is 0 Å². The summed E-state index contributed by atoms with van der Waals surface area (Å²) >= 11 is 0. The van der Waals surface area contributed by atoms with Gasteiger partial charge in [0.05, 0.1) is 0 Å². The average molecular weight is 224 g/mol. The van der Waals surface area contributed by atoms with Crippen molar-refractivity contribution < 1.29 is 4.79 Å². The number of carbonyl (C=O) groups is 1. The average Bonchev–Trinajstić information content (AvgIpc) is 2.57. The van der Waals surface area contributed by atoms with Gasteiger partial charge < -0.3 is 10.6 Å². The van der Waals surface area contributed by atoms with Crippen LogP contribution >= 0.6 is 0 Å². The van der Waals surface area contributed by atoms with Crippen molar-refractivity contribution in [2.45, 2.75) is 70.5 Å². The minimum absolute atomic E-state index is 0.251. The first-order chi connectivity index (χ1) is 7.67. The summed E-state index contributed by atoms with van der Waals surface area (Å²) in [5.41, 5.74) is 0. The van der Waals surface area contributed by atoms with E-state index in [1.54, 1.807) is 0 Å². The monoisotopic (exact) mass is 224 g/mol. The van der Waals surface area contributed by atoms with Gasteiger partial charge in [-0.3, -0.25) is 4.79 Å². The highest BCUT2D eigenvalue weighted by Gasteiger charge is 2.33. The lowest BCUT2D eigenvalue weighted by Crippen LogP contribution is -2.48. The molecule has 0 aliphatic carbocycles. The second-order valence-electron chi connectivity index (χ2n) is 5.59. The molecule has 92 valence electrons. The molecule has 3 unspecified atom stereocenters. The van der Waals surface area contributed by atoms with Gasteiger partial charge in [0.2, 0.25) is 5.91 Å². The molecule has 1 amide bonds. The molecule has 0 radical (unpaired) electrons. The third kappa shape index (κ3) is 2.97. The van der Waals surface area contributed by atoms with Gasteiger partial charge in [0.15, 0.2) is 0 Å². The van der Waals surface area contributed by atoms with Crippen LogP contribution in [-0.4, -0.2) is 24.0 Å². The second kappa shape index (κ2) is 5.17. The fraction of sp³-hybridized carbons (Fsp3) is 0.923. The van der Waals surface area contributed by atoms with E-state index in [9.17, 15) is 4.79 Å². The molecule has 16 heavy (non-hydrogen) atoms. The molecule has 2 aliphatic rings. The number of nitrogens with one attached hydrogen (secondary N) is 2. The SMILES string of the molecule is CCC(C)CC(=O)NC1CC2CCC(C1)N2. The molecule has 3 heteroatoms. The molecule has 0 aromatic heterocycles. The van der Waals surface area contributed by atoms with E-state index in [2.05, 4.69) is 24.5 Å². The number of fused-ring (bicyclic) bond motifs is 2. The van der Waals surface area contributed by atoms with Crippen molar-refractivity contribution in [3.63, 3.8) is 0 Å². The van der Waals surface area contributed by atoms with Gasteiger partial charge in [-0.05, 0) is 31.6 Å². The normalized spacial score (nSPS) is 34.8. The number of amides is 1. The van der Waals surface area contributed by atoms with Gasteiger partial charge in [0.25, 0.3) is 0 Å². The Hall–Kier alpha value is -0.570. The van der Waals surface area contributed by atoms with E-state index in [0.717, 1.165) is 19.3 Å². The van der Waals surface area contributed by atoms with Crippen LogP contribution in [0.2, 0.25) is 0 Å². The zero-order valence-electron chi connectivity index (χ0n) is 10.5. The molecule has 0 aromatic carbocycles. The summed E-state index contributed by atoms with van der Waals surface area (Å²) < 4.78 is 0. The molecule has 2 heterocycles. The first-order valence-electron chi connectivity index (χ1n) is 6.72. The van der Waals surface area contributed by atoms with Crippen LogP contribution in [0.25, 0.3) is 0 Å². The molecule has 0 saturated carbocycles. The summed E-state index contributed by atoms with van der Waals surface area (Å²) in [6.45, 7) is 4.29. The molecule has 2 aliphatic heterocycles. The zero-order chi connectivity index (χ0) is 11.5. The summed E-state index contributed by atoms with van der Waals surface area (Å²) in [6.07, 6.45) is 6.62. The van der Waals surface area contributed by atoms with Gasteiger partial charge in [-0.1, -0.05) is 20.3 Å². The first kappa shape index (κ1) is 11.9. The molecule has 0 aromatic rings. The van der Waals surface area contributed by atoms with Crippen molar-refractivity contribution in [1.29, 1.82) is 0 Å². The van der Waals surface area contributed by atoms with Crippen LogP contribution in [0.15, 0.2) is 0 Å². The van der Waals surface area contributed by atoms with E-state index in [1.165, 1.54) is 12.8 Å². The lowest BCUT2D eigenvalue weighted by molar-refractivity contribution is -0.122. The smallest absolute Gasteiger partial charge is 0.220 e. The van der Waals surface area contributed by atoms with Crippen LogP contribution in [0.4, 0.5) is 0 Å². The molecule has 3 atom stereocenters. The van der Waals surface area contributed by atoms with Gasteiger partial charge >= 0.3 is 0 Å². The van der Waals surface area contributed by atoms with Crippen molar-refractivity contribution in [2.24, 2.45) is 5.92 Å². The Balaban J connectivity index is 1.75. The Kier molecular flexibility index (Phi) is 3.85. The number of carbonyl (C=O) groups excluding carboxylic acids is 1. The van der Waals surface area contributed by atoms with Crippen LogP contribution in [0.5, 0.6) is 0 Å². The molecule has 2 saturated heterocycles. The van der Waals surface area contributed by atoms with Crippen LogP contribution in [0.1, 0.15) is 52.4 Å². The number of hydrogen-bond acceptors (Lipinski definition) is 2. The van der Waals surface area contributed by atoms with E-state index < -0.39 is 0 Å². The van der Waals surface area contributed by atoms with E-state index in [1.807, 2.05) is 0 Å². The fourth-order valence-corrected chi connectivity index (χ4v) is 2.92. The largest absolute Gasteiger partial charge is 0.353 e. The maximum atomic E-state index is 11.8. The van der Waals surface area contributed by atoms with Gasteiger partial charge in [0.1, 0.15) is 0 Å². The highest BCUT2D eigenvalue weighted by molar-refractivity contribution is 5.76. The van der Waals surface area contributed by atoms with Crippen LogP contribution in [0, 0.1) is 5.92 Å². The van der Waals surface area contributed by atoms with Crippen LogP contribution < -0.4 is 10.6 Å². The Bertz CT molecular complexity index is 242. The Morgan fingerprint density at radius 1 is 1.38 bits per heavy atom. The maximum absolute atomic E-state index is 11.8. The number of hydrogen-bond donors (Lipinski definition) is 2. The van der Waals surface area contributed by atoms with E-state index in [0.29, 0.717) is 30.5 Å². The summed E-state index contributed by atoms with van der Waals surface area (Å²) in [5.74, 6) is 0.763. The zero-order valence-corrected chi connectivity index (χ0v) is 10.5. The number of piperidine rings is 1. The quantitative estimate of drug-likeness (QED) is 0.765. The number of rotatable bonds is 4. The molecular formula is C13H24N2O. The third-order valence-electron chi connectivity index (χ3n) is 4.07. The van der Waals surface area contributed by atoms with Crippen molar-refractivity contribution in [3.8, 4) is 0 Å². The second-order valence-corrected chi connectivity index (χ2v) is 5.59. The van der Waals surface area contributed by atoms with E-state index >= 15 is 0 Å². The van der Waals surface area contributed by atoms with Crippen LogP contribution in [-0.2, 0) is 4.79 Å². The predicted molar refractivity (Wildman–Crippen MR) is 65.2 cm³/mol. The van der Waals surface area contributed by atoms with E-state index in [4.69, 9.17) is 0 Å². The predicted octanol–water partition coefficient (Wildman–Crippen LogP) is 1.82. The Morgan fingerprint density at radius 3 is 2.56 bits per heavy atom. The topological polar surface area (TPSA) is 41.1 Å². The summed E-state index contributed by atoms with van der Waals surface area (Å²) in [5, 5.41) is 6.80. The lowest BCUT2D eigenvalue weighted by atomic mass is 9.98. The summed E-state index contributed by atoms with van der Waals surface area (Å²) in [4.78, 5) is 11.8. The van der Waals surface area contributed by atoms with Gasteiger partial charge in [-0.15, -0.1) is 0 Å². The molecular weight excluding hydrogens is 200 g/mol. The Morgan fingerprint density at radius 2 is 2.00 bits per heavy atom. The van der Waals surface area contributed by atoms with Crippen LogP contribution in [0.3, 0.4) is 0 Å². The molecule has 2 fully saturated rings. The highest BCUT2D eigenvalue weighted by atomic mass is 16.1. The first-order valence-corrected chi connectivity index (χ1v) is 6.72. The van der Waals surface area contributed by atoms with Crippen molar-refractivity contribution in [1.82, 2.24) is 10.6 Å². The lowest BCUT2D eigenvalue weighted by Gasteiger charge is -2.30. The van der Waals surface area contributed by atoms with Crippen molar-refractivity contribution in [3.05, 3.63) is 0 Å². The molecule has 2 rings (SSSR count). The Labute approximate surface area is 98.4 Å². The van der Waals surface area contributed by atoms with E-state index in [-0.39, 0.29) is 5.91 Å². The fourth-order valence-electron chi connectivity index (χ4n) is 2.92. The minimum Gasteiger partial charge on any atom is -0.353 e.